The van der Waals surface area contributed by atoms with Gasteiger partial charge in [-0.05, 0) is 70.6 Å². The van der Waals surface area contributed by atoms with Gasteiger partial charge in [0.1, 0.15) is 13.2 Å². The fourth-order valence-corrected chi connectivity index (χ4v) is 4.78. The normalized spacial score (nSPS) is 13.4. The van der Waals surface area contributed by atoms with Crippen molar-refractivity contribution in [3.8, 4) is 0 Å². The molecular weight excluding hydrogens is 685 g/mol. The molecule has 0 saturated carbocycles. The third kappa shape index (κ3) is 40.6. The van der Waals surface area contributed by atoms with Crippen LogP contribution in [0.4, 0.5) is 0 Å². The maximum atomic E-state index is 12.6. The van der Waals surface area contributed by atoms with Crippen LogP contribution in [0.2, 0.25) is 0 Å². The Balaban J connectivity index is 4.56. The molecule has 0 heterocycles. The summed E-state index contributed by atoms with van der Waals surface area (Å²) in [6, 6.07) is 0. The van der Waals surface area contributed by atoms with Crippen molar-refractivity contribution in [1.29, 1.82) is 0 Å². The predicted octanol–water partition coefficient (Wildman–Crippen LogP) is 13.2. The SMILES string of the molecule is CC\C=C/C=C\C=C/C=C\C=C\C=C/C=C\CCCCCC(=O)OCC(COC(=O)CCC/C=C\CCCCCC)OC(=O)C/C=C\C/C=C\C/C=C\CC. The summed E-state index contributed by atoms with van der Waals surface area (Å²) >= 11 is 0. The van der Waals surface area contributed by atoms with Gasteiger partial charge in [-0.25, -0.2) is 0 Å². The van der Waals surface area contributed by atoms with Crippen molar-refractivity contribution in [1.82, 2.24) is 0 Å². The van der Waals surface area contributed by atoms with Gasteiger partial charge in [0.2, 0.25) is 0 Å². The monoisotopic (exact) mass is 757 g/mol. The zero-order valence-corrected chi connectivity index (χ0v) is 34.4. The number of esters is 3. The highest BCUT2D eigenvalue weighted by atomic mass is 16.6. The molecule has 6 heteroatoms. The minimum absolute atomic E-state index is 0.0822. The van der Waals surface area contributed by atoms with Crippen LogP contribution in [0.5, 0.6) is 0 Å². The maximum Gasteiger partial charge on any atom is 0.310 e. The first-order chi connectivity index (χ1) is 27.0. The van der Waals surface area contributed by atoms with E-state index in [1.165, 1.54) is 25.7 Å². The standard InChI is InChI=1S/C49H72O6/c1-4-7-10-13-16-19-20-21-22-23-24-25-26-27-28-31-33-36-39-42-48(51)54-45-46(55-49(52)43-40-37-34-30-18-15-12-9-6-3)44-53-47(50)41-38-35-32-29-17-14-11-8-5-2/h7,9-10,12-13,16,18-30,32,37,40,46H,4-6,8,11,14-15,17,31,33-36,38-39,41-45H2,1-3H3/b10-7-,12-9-,16-13-,20-19-,22-21-,24-23+,26-25-,28-27-,30-18-,32-29-,40-37-. The molecule has 0 aromatic rings. The van der Waals surface area contributed by atoms with E-state index in [-0.39, 0.29) is 44.4 Å². The van der Waals surface area contributed by atoms with Crippen LogP contribution in [-0.4, -0.2) is 37.2 Å². The lowest BCUT2D eigenvalue weighted by Gasteiger charge is -2.18. The number of unbranched alkanes of at least 4 members (excludes halogenated alkanes) is 8. The molecule has 1 unspecified atom stereocenters. The summed E-state index contributed by atoms with van der Waals surface area (Å²) in [6.07, 6.45) is 59.1. The van der Waals surface area contributed by atoms with E-state index in [9.17, 15) is 14.4 Å². The Labute approximate surface area is 334 Å². The average Bonchev–Trinajstić information content (AvgIpc) is 3.18. The topological polar surface area (TPSA) is 78.9 Å². The molecule has 0 aromatic carbocycles. The molecule has 0 fully saturated rings. The third-order valence-electron chi connectivity index (χ3n) is 7.85. The van der Waals surface area contributed by atoms with E-state index in [0.29, 0.717) is 12.8 Å². The quantitative estimate of drug-likeness (QED) is 0.0214. The molecule has 304 valence electrons. The van der Waals surface area contributed by atoms with E-state index < -0.39 is 12.1 Å². The van der Waals surface area contributed by atoms with Crippen molar-refractivity contribution in [2.24, 2.45) is 0 Å². The molecule has 0 N–H and O–H groups in total. The first-order valence-corrected chi connectivity index (χ1v) is 20.8. The van der Waals surface area contributed by atoms with Gasteiger partial charge in [-0.2, -0.15) is 0 Å². The molecule has 0 aliphatic carbocycles. The van der Waals surface area contributed by atoms with Gasteiger partial charge < -0.3 is 14.2 Å². The summed E-state index contributed by atoms with van der Waals surface area (Å²) < 4.78 is 16.4. The van der Waals surface area contributed by atoms with Crippen molar-refractivity contribution in [3.63, 3.8) is 0 Å². The van der Waals surface area contributed by atoms with Crippen LogP contribution in [0.25, 0.3) is 0 Å². The van der Waals surface area contributed by atoms with E-state index in [4.69, 9.17) is 14.2 Å². The van der Waals surface area contributed by atoms with Gasteiger partial charge in [0.25, 0.3) is 0 Å². The minimum atomic E-state index is -0.858. The van der Waals surface area contributed by atoms with Crippen molar-refractivity contribution in [2.45, 2.75) is 142 Å². The third-order valence-corrected chi connectivity index (χ3v) is 7.85. The molecule has 0 aliphatic heterocycles. The lowest BCUT2D eigenvalue weighted by atomic mass is 10.1. The molecule has 55 heavy (non-hydrogen) atoms. The number of hydrogen-bond acceptors (Lipinski definition) is 6. The van der Waals surface area contributed by atoms with E-state index in [0.717, 1.165) is 57.8 Å². The highest BCUT2D eigenvalue weighted by Crippen LogP contribution is 2.09. The molecule has 0 radical (unpaired) electrons. The maximum absolute atomic E-state index is 12.6. The molecule has 0 aliphatic rings. The van der Waals surface area contributed by atoms with Crippen LogP contribution < -0.4 is 0 Å². The second kappa shape index (κ2) is 42.3. The van der Waals surface area contributed by atoms with Gasteiger partial charge in [-0.15, -0.1) is 0 Å². The van der Waals surface area contributed by atoms with E-state index in [1.54, 1.807) is 6.08 Å². The summed E-state index contributed by atoms with van der Waals surface area (Å²) in [6.45, 7) is 6.12. The van der Waals surface area contributed by atoms with Crippen LogP contribution in [0.15, 0.2) is 134 Å². The summed E-state index contributed by atoms with van der Waals surface area (Å²) in [5, 5.41) is 0. The zero-order chi connectivity index (χ0) is 40.1. The van der Waals surface area contributed by atoms with Crippen molar-refractivity contribution in [2.75, 3.05) is 13.2 Å². The summed E-state index contributed by atoms with van der Waals surface area (Å²) in [5.74, 6) is -1.18. The van der Waals surface area contributed by atoms with Gasteiger partial charge in [0.05, 0.1) is 6.42 Å². The summed E-state index contributed by atoms with van der Waals surface area (Å²) in [5.41, 5.74) is 0. The van der Waals surface area contributed by atoms with Crippen LogP contribution >= 0.6 is 0 Å². The number of carbonyl (C=O) groups excluding carboxylic acids is 3. The smallest absolute Gasteiger partial charge is 0.310 e. The van der Waals surface area contributed by atoms with Crippen molar-refractivity contribution < 1.29 is 28.6 Å². The second-order valence-electron chi connectivity index (χ2n) is 13.0. The number of ether oxygens (including phenoxy) is 3. The predicted molar refractivity (Wildman–Crippen MR) is 232 cm³/mol. The number of rotatable bonds is 34. The Morgan fingerprint density at radius 3 is 1.44 bits per heavy atom. The van der Waals surface area contributed by atoms with E-state index >= 15 is 0 Å². The molecule has 0 bridgehead atoms. The van der Waals surface area contributed by atoms with Crippen LogP contribution in [0.3, 0.4) is 0 Å². The molecular formula is C49H72O6. The second-order valence-corrected chi connectivity index (χ2v) is 13.0. The Morgan fingerprint density at radius 2 is 0.873 bits per heavy atom. The van der Waals surface area contributed by atoms with E-state index in [1.807, 2.05) is 85.1 Å². The largest absolute Gasteiger partial charge is 0.462 e. The molecule has 1 atom stereocenters. The molecule has 0 spiro atoms. The number of allylic oxidation sites excluding steroid dienone is 21. The lowest BCUT2D eigenvalue weighted by molar-refractivity contribution is -0.166. The van der Waals surface area contributed by atoms with E-state index in [2.05, 4.69) is 63.3 Å². The Hall–Kier alpha value is -4.45. The van der Waals surface area contributed by atoms with Gasteiger partial charge in [-0.3, -0.25) is 14.4 Å². The molecule has 0 saturated heterocycles. The molecule has 0 amide bonds. The van der Waals surface area contributed by atoms with Crippen LogP contribution in [0.1, 0.15) is 136 Å². The summed E-state index contributed by atoms with van der Waals surface area (Å²) in [7, 11) is 0. The number of carbonyl (C=O) groups is 3. The average molecular weight is 757 g/mol. The van der Waals surface area contributed by atoms with Gasteiger partial charge >= 0.3 is 17.9 Å². The molecule has 6 nitrogen and oxygen atoms in total. The van der Waals surface area contributed by atoms with Gasteiger partial charge in [-0.1, -0.05) is 180 Å². The Bertz CT molecular complexity index is 1280. The molecule has 0 aromatic heterocycles. The lowest BCUT2D eigenvalue weighted by Crippen LogP contribution is -2.30. The number of hydrogen-bond donors (Lipinski definition) is 0. The first-order valence-electron chi connectivity index (χ1n) is 20.8. The van der Waals surface area contributed by atoms with Crippen LogP contribution in [-0.2, 0) is 28.6 Å². The summed E-state index contributed by atoms with van der Waals surface area (Å²) in [4.78, 5) is 37.4. The minimum Gasteiger partial charge on any atom is -0.462 e. The highest BCUT2D eigenvalue weighted by Gasteiger charge is 2.19. The fourth-order valence-electron chi connectivity index (χ4n) is 4.78. The Kier molecular flexibility index (Phi) is 38.9. The van der Waals surface area contributed by atoms with Gasteiger partial charge in [0, 0.05) is 12.8 Å². The molecule has 0 rings (SSSR count). The Morgan fingerprint density at radius 1 is 0.418 bits per heavy atom. The first kappa shape index (κ1) is 50.5. The van der Waals surface area contributed by atoms with Crippen molar-refractivity contribution >= 4 is 17.9 Å². The van der Waals surface area contributed by atoms with Crippen molar-refractivity contribution in [3.05, 3.63) is 134 Å². The zero-order valence-electron chi connectivity index (χ0n) is 34.4. The van der Waals surface area contributed by atoms with Gasteiger partial charge in [0.15, 0.2) is 6.10 Å². The fraction of sp³-hybridized carbons (Fsp3) is 0.490. The van der Waals surface area contributed by atoms with Crippen LogP contribution in [0, 0.1) is 0 Å². The highest BCUT2D eigenvalue weighted by molar-refractivity contribution is 5.72.